The number of amides is 1. The zero-order valence-electron chi connectivity index (χ0n) is 17.6. The minimum Gasteiger partial charge on any atom is -0.487 e. The van der Waals surface area contributed by atoms with Crippen molar-refractivity contribution in [1.29, 1.82) is 0 Å². The second kappa shape index (κ2) is 8.26. The van der Waals surface area contributed by atoms with Gasteiger partial charge in [-0.05, 0) is 18.2 Å². The monoisotopic (exact) mass is 465 g/mol. The number of aryl methyl sites for hydroxylation is 2. The van der Waals surface area contributed by atoms with Crippen LogP contribution in [0.1, 0.15) is 15.9 Å². The summed E-state index contributed by atoms with van der Waals surface area (Å²) < 4.78 is 60.6. The highest BCUT2D eigenvalue weighted by Gasteiger charge is 2.35. The van der Waals surface area contributed by atoms with Crippen LogP contribution in [0.25, 0.3) is 0 Å². The molecule has 0 unspecified atom stereocenters. The van der Waals surface area contributed by atoms with Crippen molar-refractivity contribution < 1.29 is 27.1 Å². The van der Waals surface area contributed by atoms with E-state index in [1.165, 1.54) is 28.7 Å². The van der Waals surface area contributed by atoms with Crippen LogP contribution in [0.2, 0.25) is 0 Å². The van der Waals surface area contributed by atoms with E-state index in [1.54, 1.807) is 24.2 Å². The summed E-state index contributed by atoms with van der Waals surface area (Å²) in [6, 6.07) is 3.60. The second-order valence-electron chi connectivity index (χ2n) is 7.67. The van der Waals surface area contributed by atoms with Gasteiger partial charge in [0.25, 0.3) is 11.5 Å². The maximum atomic E-state index is 13.6. The van der Waals surface area contributed by atoms with E-state index in [1.807, 2.05) is 0 Å². The molecule has 8 nitrogen and oxygen atoms in total. The minimum absolute atomic E-state index is 0.0904. The molecule has 0 spiro atoms. The molecule has 174 valence electrons. The zero-order valence-corrected chi connectivity index (χ0v) is 17.6. The van der Waals surface area contributed by atoms with Crippen LogP contribution in [0, 0.1) is 5.82 Å². The van der Waals surface area contributed by atoms with Gasteiger partial charge in [0.05, 0.1) is 36.2 Å². The molecule has 1 N–H and O–H groups in total. The Morgan fingerprint density at radius 1 is 1.21 bits per heavy atom. The van der Waals surface area contributed by atoms with E-state index in [9.17, 15) is 27.2 Å². The number of carbonyl (C=O) groups is 1. The summed E-state index contributed by atoms with van der Waals surface area (Å²) in [5.41, 5.74) is -0.981. The second-order valence-corrected chi connectivity index (χ2v) is 7.67. The van der Waals surface area contributed by atoms with Crippen molar-refractivity contribution >= 4 is 17.3 Å². The van der Waals surface area contributed by atoms with Gasteiger partial charge in [0.2, 0.25) is 0 Å². The van der Waals surface area contributed by atoms with E-state index in [0.29, 0.717) is 17.4 Å². The maximum Gasteiger partial charge on any atom is 0.416 e. The van der Waals surface area contributed by atoms with Gasteiger partial charge in [-0.15, -0.1) is 0 Å². The SMILES string of the molecule is Cn1cc(NC(=O)c2c(N3CC(Oc4cc(F)cc(C(F)(F)F)c4)C3)ccn(C)c2=O)cn1. The summed E-state index contributed by atoms with van der Waals surface area (Å²) in [5.74, 6) is -1.93. The molecule has 2 aromatic heterocycles. The summed E-state index contributed by atoms with van der Waals surface area (Å²) in [7, 11) is 3.19. The number of pyridine rings is 1. The van der Waals surface area contributed by atoms with E-state index >= 15 is 0 Å². The first-order valence-electron chi connectivity index (χ1n) is 9.80. The lowest BCUT2D eigenvalue weighted by molar-refractivity contribution is -0.137. The zero-order chi connectivity index (χ0) is 23.9. The van der Waals surface area contributed by atoms with Crippen LogP contribution in [-0.4, -0.2) is 39.4 Å². The summed E-state index contributed by atoms with van der Waals surface area (Å²) in [6.07, 6.45) is -0.730. The van der Waals surface area contributed by atoms with Gasteiger partial charge in [0.15, 0.2) is 0 Å². The number of hydrogen-bond donors (Lipinski definition) is 1. The molecule has 0 saturated carbocycles. The van der Waals surface area contributed by atoms with Gasteiger partial charge >= 0.3 is 6.18 Å². The van der Waals surface area contributed by atoms with Crippen molar-refractivity contribution in [2.45, 2.75) is 12.3 Å². The highest BCUT2D eigenvalue weighted by molar-refractivity contribution is 6.07. The normalized spacial score (nSPS) is 14.2. The van der Waals surface area contributed by atoms with Gasteiger partial charge in [0.1, 0.15) is 23.2 Å². The number of hydrogen-bond acceptors (Lipinski definition) is 5. The highest BCUT2D eigenvalue weighted by Crippen LogP contribution is 2.33. The molecule has 0 atom stereocenters. The lowest BCUT2D eigenvalue weighted by Crippen LogP contribution is -2.55. The predicted octanol–water partition coefficient (Wildman–Crippen LogP) is 2.80. The minimum atomic E-state index is -4.70. The van der Waals surface area contributed by atoms with Crippen LogP contribution in [0.3, 0.4) is 0 Å². The first-order valence-corrected chi connectivity index (χ1v) is 9.80. The summed E-state index contributed by atoms with van der Waals surface area (Å²) in [6.45, 7) is 0.385. The van der Waals surface area contributed by atoms with Crippen LogP contribution in [-0.2, 0) is 20.3 Å². The number of rotatable bonds is 5. The number of benzene rings is 1. The number of anilines is 2. The Kier molecular flexibility index (Phi) is 5.60. The molecule has 4 rings (SSSR count). The van der Waals surface area contributed by atoms with Crippen LogP contribution in [0.15, 0.2) is 47.7 Å². The molecule has 1 amide bonds. The number of alkyl halides is 3. The molecule has 0 radical (unpaired) electrons. The summed E-state index contributed by atoms with van der Waals surface area (Å²) >= 11 is 0. The Labute approximate surface area is 185 Å². The van der Waals surface area contributed by atoms with Crippen molar-refractivity contribution in [2.75, 3.05) is 23.3 Å². The fourth-order valence-electron chi connectivity index (χ4n) is 3.47. The molecular weight excluding hydrogens is 446 g/mol. The fraction of sp³-hybridized carbons (Fsp3) is 0.286. The van der Waals surface area contributed by atoms with Gasteiger partial charge in [-0.25, -0.2) is 4.39 Å². The van der Waals surface area contributed by atoms with Gasteiger partial charge < -0.3 is 19.5 Å². The molecule has 1 fully saturated rings. The molecule has 0 bridgehead atoms. The van der Waals surface area contributed by atoms with E-state index in [-0.39, 0.29) is 24.4 Å². The largest absolute Gasteiger partial charge is 0.487 e. The van der Waals surface area contributed by atoms with Crippen molar-refractivity contribution in [2.24, 2.45) is 14.1 Å². The van der Waals surface area contributed by atoms with Gasteiger partial charge in [-0.2, -0.15) is 18.3 Å². The van der Waals surface area contributed by atoms with Crippen LogP contribution in [0.5, 0.6) is 5.75 Å². The lowest BCUT2D eigenvalue weighted by Gasteiger charge is -2.41. The standard InChI is InChI=1S/C21H19F4N5O3/c1-28-4-3-17(18(20(28)32)19(31)27-14-8-26-29(2)9-14)30-10-16(11-30)33-15-6-12(21(23,24)25)5-13(22)7-15/h3-9,16H,10-11H2,1-2H3,(H,27,31). The molecule has 1 aliphatic rings. The van der Waals surface area contributed by atoms with Gasteiger partial charge in [-0.1, -0.05) is 0 Å². The van der Waals surface area contributed by atoms with Crippen molar-refractivity contribution in [3.05, 3.63) is 70.2 Å². The molecule has 1 saturated heterocycles. The molecular formula is C21H19F4N5O3. The third-order valence-corrected chi connectivity index (χ3v) is 5.13. The number of halogens is 4. The Bertz CT molecular complexity index is 1260. The molecule has 1 aliphatic heterocycles. The van der Waals surface area contributed by atoms with Crippen LogP contribution in [0.4, 0.5) is 28.9 Å². The Balaban J connectivity index is 1.51. The summed E-state index contributed by atoms with van der Waals surface area (Å²) in [5, 5.41) is 6.59. The molecule has 3 heterocycles. The molecule has 0 aliphatic carbocycles. The quantitative estimate of drug-likeness (QED) is 0.587. The third-order valence-electron chi connectivity index (χ3n) is 5.13. The van der Waals surface area contributed by atoms with E-state index in [4.69, 9.17) is 4.74 Å². The van der Waals surface area contributed by atoms with Gasteiger partial charge in [-0.3, -0.25) is 14.3 Å². The number of nitrogens with one attached hydrogen (secondary N) is 1. The van der Waals surface area contributed by atoms with Crippen molar-refractivity contribution in [1.82, 2.24) is 14.3 Å². The predicted molar refractivity (Wildman–Crippen MR) is 111 cm³/mol. The lowest BCUT2D eigenvalue weighted by atomic mass is 10.1. The van der Waals surface area contributed by atoms with E-state index < -0.39 is 35.1 Å². The third kappa shape index (κ3) is 4.69. The van der Waals surface area contributed by atoms with Crippen LogP contribution >= 0.6 is 0 Å². The molecule has 1 aromatic carbocycles. The maximum absolute atomic E-state index is 13.6. The van der Waals surface area contributed by atoms with Gasteiger partial charge in [0, 0.05) is 32.6 Å². The topological polar surface area (TPSA) is 81.4 Å². The Morgan fingerprint density at radius 3 is 2.58 bits per heavy atom. The molecule has 3 aromatic rings. The Morgan fingerprint density at radius 2 is 1.94 bits per heavy atom. The number of nitrogens with zero attached hydrogens (tertiary/aromatic N) is 4. The first-order chi connectivity index (χ1) is 15.5. The highest BCUT2D eigenvalue weighted by atomic mass is 19.4. The number of ether oxygens (including phenoxy) is 1. The number of aromatic nitrogens is 3. The average molecular weight is 465 g/mol. The van der Waals surface area contributed by atoms with E-state index in [2.05, 4.69) is 10.4 Å². The molecule has 12 heteroatoms. The smallest absolute Gasteiger partial charge is 0.416 e. The average Bonchev–Trinajstić information content (AvgIpc) is 3.10. The Hall–Kier alpha value is -3.83. The van der Waals surface area contributed by atoms with E-state index in [0.717, 1.165) is 12.1 Å². The van der Waals surface area contributed by atoms with Crippen molar-refractivity contribution in [3.63, 3.8) is 0 Å². The molecule has 33 heavy (non-hydrogen) atoms. The fourth-order valence-corrected chi connectivity index (χ4v) is 3.47. The van der Waals surface area contributed by atoms with Crippen molar-refractivity contribution in [3.8, 4) is 5.75 Å². The summed E-state index contributed by atoms with van der Waals surface area (Å²) in [4.78, 5) is 27.2. The first kappa shape index (κ1) is 22.4. The number of carbonyl (C=O) groups excluding carboxylic acids is 1. The van der Waals surface area contributed by atoms with Crippen LogP contribution < -0.4 is 20.5 Å².